The van der Waals surface area contributed by atoms with E-state index < -0.39 is 0 Å². The second kappa shape index (κ2) is 7.68. The molecule has 0 spiro atoms. The van der Waals surface area contributed by atoms with Crippen molar-refractivity contribution in [2.45, 2.75) is 19.4 Å². The summed E-state index contributed by atoms with van der Waals surface area (Å²) in [5.74, 6) is 0.00968. The molecule has 3 nitrogen and oxygen atoms in total. The molecule has 1 heterocycles. The maximum Gasteiger partial charge on any atom is 0.218 e. The molecule has 0 fully saturated rings. The summed E-state index contributed by atoms with van der Waals surface area (Å²) in [7, 11) is 1.49. The minimum atomic E-state index is -0.389. The first-order valence-electron chi connectivity index (χ1n) is 4.14. The molecule has 0 bridgehead atoms. The Labute approximate surface area is 101 Å². The SMILES string of the molecule is CC[C@H](N)c1cc(F)cnc1OC.Cl.Cl. The molecule has 88 valence electrons. The molecule has 0 saturated carbocycles. The standard InChI is InChI=1S/C9H13FN2O.2ClH/c1-3-8(11)7-4-6(10)5-12-9(7)13-2;;/h4-5,8H,3,11H2,1-2H3;2*1H/t8-;;/m0../s1. The van der Waals surface area contributed by atoms with Gasteiger partial charge in [-0.15, -0.1) is 24.8 Å². The molecular weight excluding hydrogens is 242 g/mol. The summed E-state index contributed by atoms with van der Waals surface area (Å²) in [4.78, 5) is 3.79. The first kappa shape index (κ1) is 16.8. The van der Waals surface area contributed by atoms with E-state index in [9.17, 15) is 4.39 Å². The number of methoxy groups -OCH3 is 1. The summed E-state index contributed by atoms with van der Waals surface area (Å²) < 4.78 is 17.8. The average Bonchev–Trinajstić information content (AvgIpc) is 2.16. The molecule has 0 aliphatic carbocycles. The fourth-order valence-corrected chi connectivity index (χ4v) is 1.10. The second-order valence-corrected chi connectivity index (χ2v) is 2.77. The zero-order valence-corrected chi connectivity index (χ0v) is 10.2. The van der Waals surface area contributed by atoms with Gasteiger partial charge >= 0.3 is 0 Å². The molecule has 15 heavy (non-hydrogen) atoms. The maximum absolute atomic E-state index is 12.8. The van der Waals surface area contributed by atoms with Crippen LogP contribution in [0.15, 0.2) is 12.3 Å². The lowest BCUT2D eigenvalue weighted by molar-refractivity contribution is 0.385. The highest BCUT2D eigenvalue weighted by molar-refractivity contribution is 5.85. The van der Waals surface area contributed by atoms with Crippen molar-refractivity contribution in [3.8, 4) is 5.88 Å². The number of aromatic nitrogens is 1. The van der Waals surface area contributed by atoms with Crippen LogP contribution in [0.25, 0.3) is 0 Å². The third kappa shape index (κ3) is 4.20. The molecule has 0 aliphatic heterocycles. The number of nitrogens with zero attached hydrogens (tertiary/aromatic N) is 1. The van der Waals surface area contributed by atoms with E-state index >= 15 is 0 Å². The Morgan fingerprint density at radius 3 is 2.60 bits per heavy atom. The molecule has 6 heteroatoms. The lowest BCUT2D eigenvalue weighted by Gasteiger charge is -2.12. The highest BCUT2D eigenvalue weighted by atomic mass is 35.5. The van der Waals surface area contributed by atoms with Crippen LogP contribution in [-0.2, 0) is 0 Å². The van der Waals surface area contributed by atoms with Crippen LogP contribution < -0.4 is 10.5 Å². The predicted molar refractivity (Wildman–Crippen MR) is 62.5 cm³/mol. The number of hydrogen-bond acceptors (Lipinski definition) is 3. The molecule has 0 amide bonds. The highest BCUT2D eigenvalue weighted by Crippen LogP contribution is 2.23. The van der Waals surface area contributed by atoms with E-state index in [4.69, 9.17) is 10.5 Å². The lowest BCUT2D eigenvalue weighted by atomic mass is 10.1. The largest absolute Gasteiger partial charge is 0.481 e. The van der Waals surface area contributed by atoms with Gasteiger partial charge in [-0.05, 0) is 12.5 Å². The van der Waals surface area contributed by atoms with Gasteiger partial charge in [-0.3, -0.25) is 0 Å². The summed E-state index contributed by atoms with van der Waals surface area (Å²) in [6.07, 6.45) is 1.84. The number of hydrogen-bond donors (Lipinski definition) is 1. The van der Waals surface area contributed by atoms with Gasteiger partial charge in [0.05, 0.1) is 13.3 Å². The van der Waals surface area contributed by atoms with E-state index in [2.05, 4.69) is 4.98 Å². The molecule has 0 radical (unpaired) electrons. The molecule has 1 atom stereocenters. The summed E-state index contributed by atoms with van der Waals surface area (Å²) in [5.41, 5.74) is 6.37. The Bertz CT molecular complexity index is 299. The van der Waals surface area contributed by atoms with Crippen molar-refractivity contribution in [2.75, 3.05) is 7.11 Å². The van der Waals surface area contributed by atoms with Gasteiger partial charge in [-0.25, -0.2) is 9.37 Å². The number of rotatable bonds is 3. The molecule has 1 aromatic rings. The Morgan fingerprint density at radius 2 is 2.13 bits per heavy atom. The Kier molecular flexibility index (Phi) is 8.62. The molecule has 0 aliphatic rings. The predicted octanol–water partition coefficient (Wildman–Crippen LogP) is 2.48. The number of nitrogens with two attached hydrogens (primary N) is 1. The van der Waals surface area contributed by atoms with Crippen LogP contribution in [0.2, 0.25) is 0 Å². The van der Waals surface area contributed by atoms with Crippen molar-refractivity contribution < 1.29 is 9.13 Å². The molecule has 0 saturated heterocycles. The zero-order valence-electron chi connectivity index (χ0n) is 8.57. The zero-order chi connectivity index (χ0) is 9.84. The molecule has 2 N–H and O–H groups in total. The number of pyridine rings is 1. The average molecular weight is 257 g/mol. The van der Waals surface area contributed by atoms with Crippen LogP contribution in [-0.4, -0.2) is 12.1 Å². The fourth-order valence-electron chi connectivity index (χ4n) is 1.10. The third-order valence-electron chi connectivity index (χ3n) is 1.88. The Hall–Kier alpha value is -0.580. The van der Waals surface area contributed by atoms with Crippen molar-refractivity contribution in [3.63, 3.8) is 0 Å². The van der Waals surface area contributed by atoms with E-state index in [1.165, 1.54) is 13.2 Å². The van der Waals surface area contributed by atoms with Gasteiger partial charge in [0.25, 0.3) is 0 Å². The van der Waals surface area contributed by atoms with Gasteiger partial charge in [0.2, 0.25) is 5.88 Å². The first-order chi connectivity index (χ1) is 6.19. The second-order valence-electron chi connectivity index (χ2n) is 2.77. The van der Waals surface area contributed by atoms with Gasteiger partial charge in [0, 0.05) is 11.6 Å². The summed E-state index contributed by atoms with van der Waals surface area (Å²) >= 11 is 0. The molecule has 0 unspecified atom stereocenters. The van der Waals surface area contributed by atoms with Crippen LogP contribution in [0.4, 0.5) is 4.39 Å². The summed E-state index contributed by atoms with van der Waals surface area (Å²) in [5, 5.41) is 0. The number of ether oxygens (including phenoxy) is 1. The highest BCUT2D eigenvalue weighted by Gasteiger charge is 2.12. The molecule has 0 aromatic carbocycles. The van der Waals surface area contributed by atoms with E-state index in [1.54, 1.807) is 0 Å². The van der Waals surface area contributed by atoms with Crippen LogP contribution in [0, 0.1) is 5.82 Å². The first-order valence-corrected chi connectivity index (χ1v) is 4.14. The van der Waals surface area contributed by atoms with Crippen LogP contribution in [0.1, 0.15) is 24.9 Å². The van der Waals surface area contributed by atoms with E-state index in [0.717, 1.165) is 12.6 Å². The van der Waals surface area contributed by atoms with Crippen molar-refractivity contribution in [2.24, 2.45) is 5.73 Å². The van der Waals surface area contributed by atoms with Gasteiger partial charge in [-0.2, -0.15) is 0 Å². The Balaban J connectivity index is 0. The van der Waals surface area contributed by atoms with Crippen molar-refractivity contribution in [3.05, 3.63) is 23.6 Å². The van der Waals surface area contributed by atoms with E-state index in [-0.39, 0.29) is 36.7 Å². The fraction of sp³-hybridized carbons (Fsp3) is 0.444. The van der Waals surface area contributed by atoms with Crippen molar-refractivity contribution >= 4 is 24.8 Å². The van der Waals surface area contributed by atoms with Gasteiger partial charge in [0.1, 0.15) is 5.82 Å². The quantitative estimate of drug-likeness (QED) is 0.904. The van der Waals surface area contributed by atoms with Crippen molar-refractivity contribution in [1.29, 1.82) is 0 Å². The van der Waals surface area contributed by atoms with Gasteiger partial charge in [-0.1, -0.05) is 6.92 Å². The van der Waals surface area contributed by atoms with E-state index in [0.29, 0.717) is 11.4 Å². The van der Waals surface area contributed by atoms with Crippen LogP contribution in [0.3, 0.4) is 0 Å². The number of halogens is 3. The molecule has 1 aromatic heterocycles. The summed E-state index contributed by atoms with van der Waals surface area (Å²) in [6, 6.07) is 1.14. The third-order valence-corrected chi connectivity index (χ3v) is 1.88. The normalized spacial score (nSPS) is 10.9. The van der Waals surface area contributed by atoms with Crippen LogP contribution in [0.5, 0.6) is 5.88 Å². The minimum Gasteiger partial charge on any atom is -0.481 e. The minimum absolute atomic E-state index is 0. The van der Waals surface area contributed by atoms with E-state index in [1.807, 2.05) is 6.92 Å². The van der Waals surface area contributed by atoms with Crippen LogP contribution >= 0.6 is 24.8 Å². The molecule has 1 rings (SSSR count). The topological polar surface area (TPSA) is 48.1 Å². The van der Waals surface area contributed by atoms with Crippen molar-refractivity contribution in [1.82, 2.24) is 4.98 Å². The lowest BCUT2D eigenvalue weighted by Crippen LogP contribution is -2.11. The Morgan fingerprint density at radius 1 is 1.53 bits per heavy atom. The van der Waals surface area contributed by atoms with Gasteiger partial charge in [0.15, 0.2) is 0 Å². The maximum atomic E-state index is 12.8. The summed E-state index contributed by atoms with van der Waals surface area (Å²) in [6.45, 7) is 1.93. The van der Waals surface area contributed by atoms with Gasteiger partial charge < -0.3 is 10.5 Å². The molecular formula is C9H15Cl2FN2O. The monoisotopic (exact) mass is 256 g/mol. The smallest absolute Gasteiger partial charge is 0.218 e.